The Kier molecular flexibility index (Phi) is 37.0. The molecular weight excluding hydrogens is 719 g/mol. The highest BCUT2D eigenvalue weighted by molar-refractivity contribution is 5.76. The number of hydrogen-bond donors (Lipinski definition) is 6. The van der Waals surface area contributed by atoms with E-state index in [0.717, 1.165) is 38.5 Å². The molecule has 0 saturated carbocycles. The molecule has 338 valence electrons. The summed E-state index contributed by atoms with van der Waals surface area (Å²) in [7, 11) is 0. The Morgan fingerprint density at radius 2 is 0.965 bits per heavy atom. The van der Waals surface area contributed by atoms with Crippen LogP contribution in [0.4, 0.5) is 0 Å². The summed E-state index contributed by atoms with van der Waals surface area (Å²) in [5, 5.41) is 54.2. The summed E-state index contributed by atoms with van der Waals surface area (Å²) in [4.78, 5) is 13.0. The van der Waals surface area contributed by atoms with Crippen molar-refractivity contribution in [2.24, 2.45) is 0 Å². The van der Waals surface area contributed by atoms with Crippen molar-refractivity contribution in [1.29, 1.82) is 0 Å². The summed E-state index contributed by atoms with van der Waals surface area (Å²) in [5.74, 6) is -0.173. The average Bonchev–Trinajstić information content (AvgIpc) is 3.21. The third-order valence-corrected chi connectivity index (χ3v) is 11.9. The van der Waals surface area contributed by atoms with Crippen LogP contribution < -0.4 is 5.32 Å². The summed E-state index contributed by atoms with van der Waals surface area (Å²) in [5.41, 5.74) is 0. The number of amides is 1. The number of aliphatic hydroxyl groups is 5. The Labute approximate surface area is 350 Å². The van der Waals surface area contributed by atoms with E-state index >= 15 is 0 Å². The zero-order valence-electron chi connectivity index (χ0n) is 37.1. The lowest BCUT2D eigenvalue weighted by atomic mass is 9.99. The van der Waals surface area contributed by atoms with Gasteiger partial charge in [0, 0.05) is 6.42 Å². The maximum Gasteiger partial charge on any atom is 0.220 e. The lowest BCUT2D eigenvalue weighted by molar-refractivity contribution is -0.302. The molecule has 2 unspecified atom stereocenters. The quantitative estimate of drug-likeness (QED) is 0.0264. The first kappa shape index (κ1) is 53.9. The number of ether oxygens (including phenoxy) is 2. The van der Waals surface area contributed by atoms with Crippen LogP contribution in [0.15, 0.2) is 12.2 Å². The lowest BCUT2D eigenvalue weighted by Crippen LogP contribution is -2.60. The van der Waals surface area contributed by atoms with E-state index in [1.54, 1.807) is 6.08 Å². The molecule has 57 heavy (non-hydrogen) atoms. The molecular formula is C48H93NO8. The molecule has 0 aromatic rings. The number of nitrogens with one attached hydrogen (secondary N) is 1. The molecule has 1 aliphatic heterocycles. The van der Waals surface area contributed by atoms with E-state index < -0.39 is 49.5 Å². The molecule has 0 aromatic carbocycles. The Bertz CT molecular complexity index is 904. The maximum absolute atomic E-state index is 13.0. The summed E-state index contributed by atoms with van der Waals surface area (Å²) in [6.45, 7) is 3.79. The largest absolute Gasteiger partial charge is 0.394 e. The highest BCUT2D eigenvalue weighted by Gasteiger charge is 2.44. The van der Waals surface area contributed by atoms with Gasteiger partial charge in [0.05, 0.1) is 25.4 Å². The number of carbonyl (C=O) groups excluding carboxylic acids is 1. The third-order valence-electron chi connectivity index (χ3n) is 11.9. The topological polar surface area (TPSA) is 149 Å². The fourth-order valence-corrected chi connectivity index (χ4v) is 7.92. The molecule has 9 heteroatoms. The van der Waals surface area contributed by atoms with Gasteiger partial charge in [0.2, 0.25) is 5.91 Å². The SMILES string of the molecule is CCCCCCCCCCCCCC/C=C/[C@@H](O)[C@H](CO[C@@H]1O[C@H](CO)[C@H](O)C(O)C1O)NC(=O)CCCCCCCCCCCCCCCCCCCCCC. The molecule has 0 aliphatic carbocycles. The van der Waals surface area contributed by atoms with Crippen LogP contribution in [0.1, 0.15) is 232 Å². The Morgan fingerprint density at radius 3 is 1.37 bits per heavy atom. The summed E-state index contributed by atoms with van der Waals surface area (Å²) in [6, 6.07) is -0.798. The molecule has 9 nitrogen and oxygen atoms in total. The molecule has 0 spiro atoms. The Balaban J connectivity index is 2.29. The van der Waals surface area contributed by atoms with Crippen LogP contribution in [-0.2, 0) is 14.3 Å². The standard InChI is InChI=1S/C48H93NO8/c1-3-5-7-9-11-13-15-17-19-20-21-22-23-24-26-28-30-32-34-36-38-44(52)49-41(40-56-48-47(55)46(54)45(53)43(39-50)57-48)42(51)37-35-33-31-29-27-25-18-16-14-12-10-8-6-4-2/h35,37,41-43,45-48,50-51,53-55H,3-34,36,38-40H2,1-2H3,(H,49,52)/b37-35+/t41-,42+,43+,45-,46?,47?,48+/m0/s1. The molecule has 1 rings (SSSR count). The highest BCUT2D eigenvalue weighted by Crippen LogP contribution is 2.23. The molecule has 1 aliphatic rings. The van der Waals surface area contributed by atoms with Gasteiger partial charge in [0.25, 0.3) is 0 Å². The van der Waals surface area contributed by atoms with Crippen molar-refractivity contribution in [2.75, 3.05) is 13.2 Å². The van der Waals surface area contributed by atoms with Crippen LogP contribution in [0.2, 0.25) is 0 Å². The smallest absolute Gasteiger partial charge is 0.220 e. The van der Waals surface area contributed by atoms with E-state index in [-0.39, 0.29) is 12.5 Å². The minimum Gasteiger partial charge on any atom is -0.394 e. The minimum atomic E-state index is -1.56. The van der Waals surface area contributed by atoms with Crippen molar-refractivity contribution in [3.8, 4) is 0 Å². The van der Waals surface area contributed by atoms with Crippen molar-refractivity contribution in [3.63, 3.8) is 0 Å². The van der Waals surface area contributed by atoms with E-state index in [0.29, 0.717) is 6.42 Å². The van der Waals surface area contributed by atoms with Gasteiger partial charge in [-0.2, -0.15) is 0 Å². The zero-order valence-corrected chi connectivity index (χ0v) is 37.1. The molecule has 1 heterocycles. The van der Waals surface area contributed by atoms with Gasteiger partial charge >= 0.3 is 0 Å². The van der Waals surface area contributed by atoms with Crippen LogP contribution in [-0.4, -0.2) is 87.5 Å². The first-order valence-corrected chi connectivity index (χ1v) is 24.4. The van der Waals surface area contributed by atoms with Crippen LogP contribution in [0.25, 0.3) is 0 Å². The van der Waals surface area contributed by atoms with E-state index in [9.17, 15) is 30.3 Å². The van der Waals surface area contributed by atoms with E-state index in [2.05, 4.69) is 19.2 Å². The highest BCUT2D eigenvalue weighted by atomic mass is 16.7. The normalized spacial score (nSPS) is 21.0. The van der Waals surface area contributed by atoms with Gasteiger partial charge in [0.15, 0.2) is 6.29 Å². The molecule has 1 amide bonds. The second-order valence-corrected chi connectivity index (χ2v) is 17.3. The van der Waals surface area contributed by atoms with Gasteiger partial charge in [-0.1, -0.05) is 219 Å². The van der Waals surface area contributed by atoms with Gasteiger partial charge in [-0.15, -0.1) is 0 Å². The molecule has 0 aromatic heterocycles. The number of unbranched alkanes of at least 4 members (excludes halogenated alkanes) is 31. The van der Waals surface area contributed by atoms with Crippen LogP contribution in [0.3, 0.4) is 0 Å². The molecule has 7 atom stereocenters. The first-order chi connectivity index (χ1) is 27.8. The minimum absolute atomic E-state index is 0.173. The van der Waals surface area contributed by atoms with E-state index in [4.69, 9.17) is 9.47 Å². The first-order valence-electron chi connectivity index (χ1n) is 24.4. The van der Waals surface area contributed by atoms with Crippen molar-refractivity contribution in [2.45, 2.75) is 275 Å². The Morgan fingerprint density at radius 1 is 0.579 bits per heavy atom. The second kappa shape index (κ2) is 39.1. The van der Waals surface area contributed by atoms with Gasteiger partial charge in [0.1, 0.15) is 24.4 Å². The third kappa shape index (κ3) is 29.7. The molecule has 1 saturated heterocycles. The molecule has 0 radical (unpaired) electrons. The van der Waals surface area contributed by atoms with Gasteiger partial charge in [-0.25, -0.2) is 0 Å². The number of allylic oxidation sites excluding steroid dienone is 1. The number of carbonyl (C=O) groups is 1. The number of rotatable bonds is 41. The average molecular weight is 812 g/mol. The van der Waals surface area contributed by atoms with Crippen LogP contribution >= 0.6 is 0 Å². The predicted octanol–water partition coefficient (Wildman–Crippen LogP) is 10.5. The predicted molar refractivity (Wildman–Crippen MR) is 235 cm³/mol. The fraction of sp³-hybridized carbons (Fsp3) is 0.938. The van der Waals surface area contributed by atoms with Gasteiger partial charge < -0.3 is 40.3 Å². The van der Waals surface area contributed by atoms with Crippen LogP contribution in [0, 0.1) is 0 Å². The monoisotopic (exact) mass is 812 g/mol. The van der Waals surface area contributed by atoms with Crippen LogP contribution in [0.5, 0.6) is 0 Å². The zero-order chi connectivity index (χ0) is 41.6. The van der Waals surface area contributed by atoms with Crippen molar-refractivity contribution < 1.29 is 39.8 Å². The fourth-order valence-electron chi connectivity index (χ4n) is 7.92. The molecule has 1 fully saturated rings. The lowest BCUT2D eigenvalue weighted by Gasteiger charge is -2.40. The molecule has 6 N–H and O–H groups in total. The van der Waals surface area contributed by atoms with Gasteiger partial charge in [-0.05, 0) is 19.3 Å². The van der Waals surface area contributed by atoms with Crippen molar-refractivity contribution in [3.05, 3.63) is 12.2 Å². The van der Waals surface area contributed by atoms with E-state index in [1.807, 2.05) is 6.08 Å². The summed E-state index contributed by atoms with van der Waals surface area (Å²) >= 11 is 0. The van der Waals surface area contributed by atoms with E-state index in [1.165, 1.54) is 173 Å². The molecule has 0 bridgehead atoms. The number of aliphatic hydroxyl groups excluding tert-OH is 5. The second-order valence-electron chi connectivity index (χ2n) is 17.3. The maximum atomic E-state index is 13.0. The Hall–Kier alpha value is -1.07. The summed E-state index contributed by atoms with van der Waals surface area (Å²) < 4.78 is 11.2. The van der Waals surface area contributed by atoms with Crippen molar-refractivity contribution in [1.82, 2.24) is 5.32 Å². The number of hydrogen-bond acceptors (Lipinski definition) is 8. The summed E-state index contributed by atoms with van der Waals surface area (Å²) in [6.07, 6.45) is 38.3. The van der Waals surface area contributed by atoms with Gasteiger partial charge in [-0.3, -0.25) is 4.79 Å². The van der Waals surface area contributed by atoms with Crippen molar-refractivity contribution >= 4 is 5.91 Å².